The standard InChI is InChI=1S/C21H31N5O2S2/c1-2-22-21(23-12-13-25-30(27,28)18-9-4-3-5-10-18)24-17-19(20-11-8-16-29-20)26-14-6-7-15-26/h3-5,8-11,16,19,25H,2,6-7,12-15,17H2,1H3,(H2,22,23,24). The minimum Gasteiger partial charge on any atom is -0.357 e. The third kappa shape index (κ3) is 6.53. The van der Waals surface area contributed by atoms with Crippen LogP contribution in [0.3, 0.4) is 0 Å². The van der Waals surface area contributed by atoms with Crippen molar-refractivity contribution in [2.24, 2.45) is 4.99 Å². The second kappa shape index (κ2) is 11.5. The van der Waals surface area contributed by atoms with Gasteiger partial charge in [-0.2, -0.15) is 0 Å². The lowest BCUT2D eigenvalue weighted by atomic mass is 10.2. The monoisotopic (exact) mass is 449 g/mol. The summed E-state index contributed by atoms with van der Waals surface area (Å²) in [5, 5.41) is 8.60. The molecule has 1 unspecified atom stereocenters. The fraction of sp³-hybridized carbons (Fsp3) is 0.476. The van der Waals surface area contributed by atoms with E-state index in [1.165, 1.54) is 17.7 Å². The van der Waals surface area contributed by atoms with Crippen LogP contribution in [0.5, 0.6) is 0 Å². The van der Waals surface area contributed by atoms with Gasteiger partial charge in [0.15, 0.2) is 5.96 Å². The molecule has 1 fully saturated rings. The zero-order valence-corrected chi connectivity index (χ0v) is 19.0. The van der Waals surface area contributed by atoms with E-state index in [4.69, 9.17) is 4.99 Å². The summed E-state index contributed by atoms with van der Waals surface area (Å²) in [5.74, 6) is 0.706. The molecular weight excluding hydrogens is 418 g/mol. The van der Waals surface area contributed by atoms with Crippen LogP contribution in [-0.4, -0.2) is 58.5 Å². The van der Waals surface area contributed by atoms with Crippen LogP contribution in [0.4, 0.5) is 0 Å². The second-order valence-electron chi connectivity index (χ2n) is 7.13. The lowest BCUT2D eigenvalue weighted by Gasteiger charge is -2.25. The molecule has 1 atom stereocenters. The molecule has 3 rings (SSSR count). The molecule has 1 saturated heterocycles. The van der Waals surface area contributed by atoms with Crippen LogP contribution >= 0.6 is 11.3 Å². The molecule has 0 saturated carbocycles. The number of nitrogens with one attached hydrogen (secondary N) is 3. The van der Waals surface area contributed by atoms with Gasteiger partial charge in [0.2, 0.25) is 10.0 Å². The number of hydrogen-bond donors (Lipinski definition) is 3. The third-order valence-electron chi connectivity index (χ3n) is 4.98. The minimum absolute atomic E-state index is 0.273. The van der Waals surface area contributed by atoms with Crippen molar-refractivity contribution in [3.8, 4) is 0 Å². The normalized spacial score (nSPS) is 16.5. The summed E-state index contributed by atoms with van der Waals surface area (Å²) in [5.41, 5.74) is 0. The fourth-order valence-electron chi connectivity index (χ4n) is 3.49. The Morgan fingerprint density at radius 3 is 2.53 bits per heavy atom. The highest BCUT2D eigenvalue weighted by molar-refractivity contribution is 7.89. The molecule has 7 nitrogen and oxygen atoms in total. The molecule has 0 amide bonds. The summed E-state index contributed by atoms with van der Waals surface area (Å²) in [6.07, 6.45) is 2.48. The van der Waals surface area contributed by atoms with Gasteiger partial charge in [-0.05, 0) is 56.4 Å². The Balaban J connectivity index is 1.55. The van der Waals surface area contributed by atoms with Crippen molar-refractivity contribution in [2.75, 3.05) is 39.3 Å². The number of likely N-dealkylation sites (tertiary alicyclic amines) is 1. The minimum atomic E-state index is -3.49. The van der Waals surface area contributed by atoms with Gasteiger partial charge < -0.3 is 10.6 Å². The van der Waals surface area contributed by atoms with Gasteiger partial charge in [-0.3, -0.25) is 9.89 Å². The fourth-order valence-corrected chi connectivity index (χ4v) is 5.39. The number of guanidine groups is 1. The molecule has 0 aliphatic carbocycles. The van der Waals surface area contributed by atoms with Crippen LogP contribution in [0.1, 0.15) is 30.7 Å². The summed E-state index contributed by atoms with van der Waals surface area (Å²) < 4.78 is 27.2. The largest absolute Gasteiger partial charge is 0.357 e. The van der Waals surface area contributed by atoms with Gasteiger partial charge in [0, 0.05) is 24.5 Å². The van der Waals surface area contributed by atoms with Crippen molar-refractivity contribution in [1.82, 2.24) is 20.3 Å². The van der Waals surface area contributed by atoms with Crippen LogP contribution in [0.2, 0.25) is 0 Å². The van der Waals surface area contributed by atoms with Gasteiger partial charge in [-0.25, -0.2) is 13.1 Å². The lowest BCUT2D eigenvalue weighted by Crippen LogP contribution is -2.42. The van der Waals surface area contributed by atoms with E-state index in [1.54, 1.807) is 41.7 Å². The number of hydrogen-bond acceptors (Lipinski definition) is 5. The Kier molecular flexibility index (Phi) is 8.68. The molecule has 164 valence electrons. The Morgan fingerprint density at radius 2 is 1.87 bits per heavy atom. The van der Waals surface area contributed by atoms with E-state index in [0.717, 1.165) is 19.6 Å². The zero-order valence-electron chi connectivity index (χ0n) is 17.4. The van der Waals surface area contributed by atoms with Crippen molar-refractivity contribution in [3.63, 3.8) is 0 Å². The molecule has 0 spiro atoms. The summed E-state index contributed by atoms with van der Waals surface area (Å²) in [4.78, 5) is 8.91. The van der Waals surface area contributed by atoms with E-state index in [-0.39, 0.29) is 11.4 Å². The van der Waals surface area contributed by atoms with E-state index in [1.807, 2.05) is 6.92 Å². The molecule has 1 aromatic carbocycles. The van der Waals surface area contributed by atoms with Crippen molar-refractivity contribution < 1.29 is 8.42 Å². The number of sulfonamides is 1. The van der Waals surface area contributed by atoms with Gasteiger partial charge in [0.05, 0.1) is 17.5 Å². The maximum Gasteiger partial charge on any atom is 0.240 e. The van der Waals surface area contributed by atoms with Gasteiger partial charge in [-0.15, -0.1) is 11.3 Å². The molecule has 0 bridgehead atoms. The SMILES string of the molecule is CCNC(=NCC(c1cccs1)N1CCCC1)NCCNS(=O)(=O)c1ccccc1. The third-order valence-corrected chi connectivity index (χ3v) is 7.43. The average molecular weight is 450 g/mol. The Morgan fingerprint density at radius 1 is 1.10 bits per heavy atom. The highest BCUT2D eigenvalue weighted by atomic mass is 32.2. The number of aliphatic imine (C=N–C) groups is 1. The van der Waals surface area contributed by atoms with Crippen LogP contribution in [-0.2, 0) is 10.0 Å². The van der Waals surface area contributed by atoms with E-state index in [0.29, 0.717) is 25.1 Å². The molecule has 1 aliphatic rings. The van der Waals surface area contributed by atoms with Gasteiger partial charge in [0.25, 0.3) is 0 Å². The molecule has 9 heteroatoms. The molecule has 2 aromatic rings. The van der Waals surface area contributed by atoms with Crippen molar-refractivity contribution in [2.45, 2.75) is 30.7 Å². The Hall–Kier alpha value is -1.94. The first-order valence-electron chi connectivity index (χ1n) is 10.4. The topological polar surface area (TPSA) is 85.8 Å². The molecular formula is C21H31N5O2S2. The first kappa shape index (κ1) is 22.7. The van der Waals surface area contributed by atoms with E-state index >= 15 is 0 Å². The number of nitrogens with zero attached hydrogens (tertiary/aromatic N) is 2. The van der Waals surface area contributed by atoms with Crippen molar-refractivity contribution in [1.29, 1.82) is 0 Å². The number of rotatable bonds is 10. The molecule has 0 radical (unpaired) electrons. The molecule has 3 N–H and O–H groups in total. The summed E-state index contributed by atoms with van der Waals surface area (Å²) >= 11 is 1.78. The lowest BCUT2D eigenvalue weighted by molar-refractivity contribution is 0.255. The van der Waals surface area contributed by atoms with E-state index in [2.05, 4.69) is 37.8 Å². The molecule has 1 aromatic heterocycles. The number of benzene rings is 1. The van der Waals surface area contributed by atoms with Crippen molar-refractivity contribution >= 4 is 27.3 Å². The van der Waals surface area contributed by atoms with Gasteiger partial charge in [-0.1, -0.05) is 24.3 Å². The van der Waals surface area contributed by atoms with E-state index < -0.39 is 10.0 Å². The van der Waals surface area contributed by atoms with E-state index in [9.17, 15) is 8.42 Å². The highest BCUT2D eigenvalue weighted by Gasteiger charge is 2.24. The molecule has 30 heavy (non-hydrogen) atoms. The van der Waals surface area contributed by atoms with Crippen LogP contribution in [0, 0.1) is 0 Å². The van der Waals surface area contributed by atoms with Crippen LogP contribution in [0.25, 0.3) is 0 Å². The Bertz CT molecular complexity index is 879. The summed E-state index contributed by atoms with van der Waals surface area (Å²) in [6, 6.07) is 13.0. The van der Waals surface area contributed by atoms with Gasteiger partial charge in [0.1, 0.15) is 0 Å². The first-order valence-corrected chi connectivity index (χ1v) is 12.8. The van der Waals surface area contributed by atoms with Crippen LogP contribution in [0.15, 0.2) is 57.7 Å². The van der Waals surface area contributed by atoms with Gasteiger partial charge >= 0.3 is 0 Å². The second-order valence-corrected chi connectivity index (χ2v) is 9.88. The first-order chi connectivity index (χ1) is 14.6. The summed E-state index contributed by atoms with van der Waals surface area (Å²) in [6.45, 7) is 6.40. The van der Waals surface area contributed by atoms with Crippen LogP contribution < -0.4 is 15.4 Å². The maximum atomic E-state index is 12.3. The molecule has 1 aliphatic heterocycles. The predicted molar refractivity (Wildman–Crippen MR) is 123 cm³/mol. The average Bonchev–Trinajstić information content (AvgIpc) is 3.47. The number of thiophene rings is 1. The van der Waals surface area contributed by atoms with Crippen molar-refractivity contribution in [3.05, 3.63) is 52.7 Å². The predicted octanol–water partition coefficient (Wildman–Crippen LogP) is 2.42. The quantitative estimate of drug-likeness (QED) is 0.295. The Labute approximate surface area is 183 Å². The zero-order chi connectivity index (χ0) is 21.2. The smallest absolute Gasteiger partial charge is 0.240 e. The molecule has 2 heterocycles. The highest BCUT2D eigenvalue weighted by Crippen LogP contribution is 2.28. The maximum absolute atomic E-state index is 12.3. The summed E-state index contributed by atoms with van der Waals surface area (Å²) in [7, 11) is -3.49.